The zero-order valence-corrected chi connectivity index (χ0v) is 10.6. The molecule has 17 heavy (non-hydrogen) atoms. The number of carbonyl (C=O) groups excluding carboxylic acids is 2. The first-order chi connectivity index (χ1) is 8.08. The van der Waals surface area contributed by atoms with E-state index in [9.17, 15) is 9.59 Å². The molecule has 0 radical (unpaired) electrons. The summed E-state index contributed by atoms with van der Waals surface area (Å²) in [5.41, 5.74) is 0. The van der Waals surface area contributed by atoms with Crippen molar-refractivity contribution in [2.24, 2.45) is 5.92 Å². The first-order valence-corrected chi connectivity index (χ1v) is 6.25. The van der Waals surface area contributed by atoms with Crippen LogP contribution in [0, 0.1) is 5.92 Å². The molecule has 2 N–H and O–H groups in total. The van der Waals surface area contributed by atoms with Crippen LogP contribution in [0.15, 0.2) is 0 Å². The predicted molar refractivity (Wildman–Crippen MR) is 64.3 cm³/mol. The Morgan fingerprint density at radius 3 is 2.76 bits per heavy atom. The van der Waals surface area contributed by atoms with Crippen LogP contribution in [0.2, 0.25) is 0 Å². The van der Waals surface area contributed by atoms with Gasteiger partial charge in [0.2, 0.25) is 11.8 Å². The van der Waals surface area contributed by atoms with E-state index in [-0.39, 0.29) is 30.4 Å². The van der Waals surface area contributed by atoms with Gasteiger partial charge in [0.25, 0.3) is 0 Å². The number of hydrogen-bond acceptors (Lipinski definition) is 3. The van der Waals surface area contributed by atoms with Crippen LogP contribution in [-0.2, 0) is 9.59 Å². The fourth-order valence-corrected chi connectivity index (χ4v) is 2.07. The van der Waals surface area contributed by atoms with Crippen molar-refractivity contribution in [2.75, 3.05) is 19.7 Å². The number of carbonyl (C=O) groups is 2. The number of nitrogens with one attached hydrogen (secondary N) is 1. The monoisotopic (exact) mass is 242 g/mol. The number of nitrogens with zero attached hydrogens (tertiary/aromatic N) is 1. The summed E-state index contributed by atoms with van der Waals surface area (Å²) in [4.78, 5) is 24.9. The van der Waals surface area contributed by atoms with Gasteiger partial charge in [-0.25, -0.2) is 0 Å². The maximum absolute atomic E-state index is 11.9. The second-order valence-electron chi connectivity index (χ2n) is 4.60. The molecule has 1 fully saturated rings. The van der Waals surface area contributed by atoms with Crippen LogP contribution in [0.25, 0.3) is 0 Å². The fraction of sp³-hybridized carbons (Fsp3) is 0.833. The van der Waals surface area contributed by atoms with Crippen LogP contribution in [-0.4, -0.2) is 47.6 Å². The summed E-state index contributed by atoms with van der Waals surface area (Å²) in [6.45, 7) is 4.66. The molecule has 1 rings (SSSR count). The number of likely N-dealkylation sites (tertiary alicyclic amines) is 1. The lowest BCUT2D eigenvalue weighted by Gasteiger charge is -2.32. The molecule has 2 amide bonds. The van der Waals surface area contributed by atoms with Gasteiger partial charge in [0.1, 0.15) is 0 Å². The topological polar surface area (TPSA) is 69.6 Å². The lowest BCUT2D eigenvalue weighted by Crippen LogP contribution is -2.47. The third-order valence-electron chi connectivity index (χ3n) is 3.30. The first-order valence-electron chi connectivity index (χ1n) is 6.25. The number of rotatable bonds is 4. The summed E-state index contributed by atoms with van der Waals surface area (Å²) in [6, 6.07) is -0.171. The number of piperidine rings is 1. The molecule has 0 aromatic heterocycles. The zero-order valence-electron chi connectivity index (χ0n) is 10.6. The zero-order chi connectivity index (χ0) is 12.8. The van der Waals surface area contributed by atoms with Gasteiger partial charge in [-0.15, -0.1) is 0 Å². The summed E-state index contributed by atoms with van der Waals surface area (Å²) in [7, 11) is 0. The van der Waals surface area contributed by atoms with Crippen molar-refractivity contribution in [3.05, 3.63) is 0 Å². The summed E-state index contributed by atoms with van der Waals surface area (Å²) in [6.07, 6.45) is 2.40. The molecular weight excluding hydrogens is 220 g/mol. The maximum atomic E-state index is 11.9. The number of hydrogen-bond donors (Lipinski definition) is 2. The van der Waals surface area contributed by atoms with Crippen molar-refractivity contribution in [1.29, 1.82) is 0 Å². The van der Waals surface area contributed by atoms with E-state index in [1.807, 2.05) is 6.92 Å². The van der Waals surface area contributed by atoms with E-state index in [1.165, 1.54) is 6.92 Å². The SMILES string of the molecule is CCC(CO)NC(=O)C1CCCN(C(C)=O)C1. The predicted octanol–water partition coefficient (Wildman–Crippen LogP) is 0.132. The minimum Gasteiger partial charge on any atom is -0.394 e. The first kappa shape index (κ1) is 14.0. The van der Waals surface area contributed by atoms with Gasteiger partial charge < -0.3 is 15.3 Å². The highest BCUT2D eigenvalue weighted by molar-refractivity contribution is 5.80. The van der Waals surface area contributed by atoms with Crippen molar-refractivity contribution in [3.63, 3.8) is 0 Å². The van der Waals surface area contributed by atoms with Crippen LogP contribution in [0.5, 0.6) is 0 Å². The van der Waals surface area contributed by atoms with Crippen molar-refractivity contribution in [3.8, 4) is 0 Å². The van der Waals surface area contributed by atoms with Crippen LogP contribution >= 0.6 is 0 Å². The highest BCUT2D eigenvalue weighted by atomic mass is 16.3. The Kier molecular flexibility index (Phi) is 5.41. The maximum Gasteiger partial charge on any atom is 0.225 e. The van der Waals surface area contributed by atoms with E-state index in [2.05, 4.69) is 5.32 Å². The minimum atomic E-state index is -0.171. The average Bonchev–Trinajstić information content (AvgIpc) is 2.35. The second-order valence-corrected chi connectivity index (χ2v) is 4.60. The van der Waals surface area contributed by atoms with Crippen LogP contribution in [0.4, 0.5) is 0 Å². The fourth-order valence-electron chi connectivity index (χ4n) is 2.07. The smallest absolute Gasteiger partial charge is 0.225 e. The highest BCUT2D eigenvalue weighted by Gasteiger charge is 2.27. The normalized spacial score (nSPS) is 22.1. The molecule has 1 aliphatic heterocycles. The van der Waals surface area contributed by atoms with Crippen LogP contribution in [0.3, 0.4) is 0 Å². The van der Waals surface area contributed by atoms with E-state index >= 15 is 0 Å². The number of aliphatic hydroxyl groups is 1. The molecule has 0 saturated carbocycles. The van der Waals surface area contributed by atoms with E-state index in [0.717, 1.165) is 19.4 Å². The standard InChI is InChI=1S/C12H22N2O3/c1-3-11(8-15)13-12(17)10-5-4-6-14(7-10)9(2)16/h10-11,15H,3-8H2,1-2H3,(H,13,17). The lowest BCUT2D eigenvalue weighted by atomic mass is 9.96. The molecule has 0 aromatic carbocycles. The Morgan fingerprint density at radius 2 is 2.24 bits per heavy atom. The molecule has 1 saturated heterocycles. The molecule has 1 heterocycles. The van der Waals surface area contributed by atoms with Gasteiger partial charge in [-0.2, -0.15) is 0 Å². The van der Waals surface area contributed by atoms with Gasteiger partial charge in [0.05, 0.1) is 18.6 Å². The summed E-state index contributed by atoms with van der Waals surface area (Å²) < 4.78 is 0. The molecule has 0 spiro atoms. The molecule has 0 aromatic rings. The molecule has 1 aliphatic rings. The quantitative estimate of drug-likeness (QED) is 0.736. The van der Waals surface area contributed by atoms with Crippen molar-refractivity contribution in [1.82, 2.24) is 10.2 Å². The Hall–Kier alpha value is -1.10. The van der Waals surface area contributed by atoms with E-state index in [4.69, 9.17) is 5.11 Å². The minimum absolute atomic E-state index is 0.0247. The summed E-state index contributed by atoms with van der Waals surface area (Å²) in [5, 5.41) is 11.9. The third kappa shape index (κ3) is 4.00. The van der Waals surface area contributed by atoms with E-state index in [0.29, 0.717) is 13.0 Å². The summed E-state index contributed by atoms with van der Waals surface area (Å²) >= 11 is 0. The van der Waals surface area contributed by atoms with Crippen molar-refractivity contribution >= 4 is 11.8 Å². The van der Waals surface area contributed by atoms with E-state index in [1.54, 1.807) is 4.90 Å². The number of amides is 2. The molecule has 0 bridgehead atoms. The average molecular weight is 242 g/mol. The Morgan fingerprint density at radius 1 is 1.53 bits per heavy atom. The lowest BCUT2D eigenvalue weighted by molar-refractivity contribution is -0.134. The largest absolute Gasteiger partial charge is 0.394 e. The molecular formula is C12H22N2O3. The van der Waals surface area contributed by atoms with Gasteiger partial charge in [-0.1, -0.05) is 6.92 Å². The molecule has 0 aliphatic carbocycles. The van der Waals surface area contributed by atoms with Crippen molar-refractivity contribution < 1.29 is 14.7 Å². The second kappa shape index (κ2) is 6.59. The van der Waals surface area contributed by atoms with Crippen LogP contribution in [0.1, 0.15) is 33.1 Å². The summed E-state index contributed by atoms with van der Waals surface area (Å²) in [5.74, 6) is -0.151. The van der Waals surface area contributed by atoms with Gasteiger partial charge in [-0.3, -0.25) is 9.59 Å². The van der Waals surface area contributed by atoms with Gasteiger partial charge in [0, 0.05) is 20.0 Å². The van der Waals surface area contributed by atoms with E-state index < -0.39 is 0 Å². The highest BCUT2D eigenvalue weighted by Crippen LogP contribution is 2.16. The van der Waals surface area contributed by atoms with Crippen molar-refractivity contribution in [2.45, 2.75) is 39.2 Å². The number of aliphatic hydroxyl groups excluding tert-OH is 1. The Bertz CT molecular complexity index is 277. The Labute approximate surface area is 102 Å². The molecule has 2 unspecified atom stereocenters. The molecule has 5 heteroatoms. The van der Waals surface area contributed by atoms with Gasteiger partial charge in [-0.05, 0) is 19.3 Å². The third-order valence-corrected chi connectivity index (χ3v) is 3.30. The van der Waals surface area contributed by atoms with Gasteiger partial charge in [0.15, 0.2) is 0 Å². The van der Waals surface area contributed by atoms with Crippen LogP contribution < -0.4 is 5.32 Å². The van der Waals surface area contributed by atoms with Gasteiger partial charge >= 0.3 is 0 Å². The molecule has 2 atom stereocenters. The molecule has 98 valence electrons. The Balaban J connectivity index is 2.48. The molecule has 5 nitrogen and oxygen atoms in total.